The third-order valence-electron chi connectivity index (χ3n) is 3.41. The number of esters is 1. The van der Waals surface area contributed by atoms with Gasteiger partial charge in [-0.15, -0.1) is 0 Å². The molecule has 0 atom stereocenters. The van der Waals surface area contributed by atoms with Crippen LogP contribution in [0.15, 0.2) is 17.7 Å². The van der Waals surface area contributed by atoms with Crippen molar-refractivity contribution in [2.75, 3.05) is 6.61 Å². The van der Waals surface area contributed by atoms with Crippen molar-refractivity contribution < 1.29 is 14.3 Å². The van der Waals surface area contributed by atoms with E-state index in [0.717, 1.165) is 28.5 Å². The van der Waals surface area contributed by atoms with Gasteiger partial charge in [0.25, 0.3) is 0 Å². The van der Waals surface area contributed by atoms with Gasteiger partial charge in [0.05, 0.1) is 6.61 Å². The van der Waals surface area contributed by atoms with Crippen LogP contribution in [-0.4, -0.2) is 18.9 Å². The standard InChI is InChI=1S/C15H16O3/c1-4-18-15(17)13-7-12-9(2)5-6-11(8-16)14(12)10(13)3/h5-6,8H,4,7H2,1-3H3. The highest BCUT2D eigenvalue weighted by Crippen LogP contribution is 2.36. The van der Waals surface area contributed by atoms with E-state index >= 15 is 0 Å². The summed E-state index contributed by atoms with van der Waals surface area (Å²) in [5.74, 6) is -0.276. The molecule has 0 heterocycles. The second kappa shape index (κ2) is 4.77. The van der Waals surface area contributed by atoms with Gasteiger partial charge in [-0.3, -0.25) is 4.79 Å². The molecule has 1 aromatic carbocycles. The van der Waals surface area contributed by atoms with E-state index in [9.17, 15) is 9.59 Å². The molecule has 0 saturated heterocycles. The summed E-state index contributed by atoms with van der Waals surface area (Å²) in [6, 6.07) is 3.72. The molecule has 0 aliphatic heterocycles. The molecule has 2 rings (SSSR count). The van der Waals surface area contributed by atoms with Gasteiger partial charge in [-0.2, -0.15) is 0 Å². The van der Waals surface area contributed by atoms with Crippen molar-refractivity contribution in [2.45, 2.75) is 27.2 Å². The van der Waals surface area contributed by atoms with E-state index in [1.807, 2.05) is 19.9 Å². The van der Waals surface area contributed by atoms with E-state index in [1.165, 1.54) is 0 Å². The zero-order valence-electron chi connectivity index (χ0n) is 10.9. The molecule has 0 saturated carbocycles. The lowest BCUT2D eigenvalue weighted by molar-refractivity contribution is -0.138. The predicted octanol–water partition coefficient (Wildman–Crippen LogP) is 2.70. The van der Waals surface area contributed by atoms with Gasteiger partial charge in [0.2, 0.25) is 0 Å². The van der Waals surface area contributed by atoms with Crippen molar-refractivity contribution in [3.63, 3.8) is 0 Å². The quantitative estimate of drug-likeness (QED) is 0.606. The second-order valence-electron chi connectivity index (χ2n) is 4.44. The Bertz CT molecular complexity index is 553. The molecule has 0 N–H and O–H groups in total. The predicted molar refractivity (Wildman–Crippen MR) is 69.5 cm³/mol. The lowest BCUT2D eigenvalue weighted by Gasteiger charge is -2.07. The summed E-state index contributed by atoms with van der Waals surface area (Å²) in [5, 5.41) is 0. The van der Waals surface area contributed by atoms with Crippen LogP contribution in [-0.2, 0) is 16.0 Å². The summed E-state index contributed by atoms with van der Waals surface area (Å²) < 4.78 is 5.06. The van der Waals surface area contributed by atoms with Gasteiger partial charge in [-0.05, 0) is 43.0 Å². The van der Waals surface area contributed by atoms with Crippen LogP contribution in [0.25, 0.3) is 5.57 Å². The number of aldehydes is 1. The number of hydrogen-bond donors (Lipinski definition) is 0. The van der Waals surface area contributed by atoms with Crippen molar-refractivity contribution in [2.24, 2.45) is 0 Å². The lowest BCUT2D eigenvalue weighted by Crippen LogP contribution is -2.08. The number of carbonyl (C=O) groups is 2. The van der Waals surface area contributed by atoms with Gasteiger partial charge in [0.15, 0.2) is 6.29 Å². The topological polar surface area (TPSA) is 43.4 Å². The summed E-state index contributed by atoms with van der Waals surface area (Å²) in [6.45, 7) is 6.03. The Hall–Kier alpha value is -1.90. The first-order valence-electron chi connectivity index (χ1n) is 6.05. The van der Waals surface area contributed by atoms with Gasteiger partial charge < -0.3 is 4.74 Å². The first-order valence-corrected chi connectivity index (χ1v) is 6.05. The highest BCUT2D eigenvalue weighted by Gasteiger charge is 2.27. The Morgan fingerprint density at radius 1 is 1.39 bits per heavy atom. The summed E-state index contributed by atoms with van der Waals surface area (Å²) in [5.41, 5.74) is 5.27. The molecule has 1 aromatic rings. The molecule has 94 valence electrons. The number of fused-ring (bicyclic) bond motifs is 1. The summed E-state index contributed by atoms with van der Waals surface area (Å²) in [4.78, 5) is 23.0. The fourth-order valence-corrected chi connectivity index (χ4v) is 2.44. The fourth-order valence-electron chi connectivity index (χ4n) is 2.44. The van der Waals surface area contributed by atoms with E-state index in [2.05, 4.69) is 0 Å². The average Bonchev–Trinajstić information content (AvgIpc) is 2.70. The summed E-state index contributed by atoms with van der Waals surface area (Å²) in [6.07, 6.45) is 1.41. The first kappa shape index (κ1) is 12.6. The first-order chi connectivity index (χ1) is 8.60. The van der Waals surface area contributed by atoms with Crippen molar-refractivity contribution in [3.8, 4) is 0 Å². The van der Waals surface area contributed by atoms with Gasteiger partial charge in [-0.1, -0.05) is 12.1 Å². The van der Waals surface area contributed by atoms with Gasteiger partial charge in [-0.25, -0.2) is 4.79 Å². The Morgan fingerprint density at radius 2 is 2.11 bits per heavy atom. The van der Waals surface area contributed by atoms with Crippen molar-refractivity contribution in [3.05, 3.63) is 40.0 Å². The second-order valence-corrected chi connectivity index (χ2v) is 4.44. The van der Waals surface area contributed by atoms with Gasteiger partial charge in [0, 0.05) is 17.6 Å². The molecule has 18 heavy (non-hydrogen) atoms. The van der Waals surface area contributed by atoms with E-state index in [4.69, 9.17) is 4.74 Å². The Balaban J connectivity index is 2.53. The van der Waals surface area contributed by atoms with Gasteiger partial charge in [0.1, 0.15) is 0 Å². The molecule has 0 unspecified atom stereocenters. The van der Waals surface area contributed by atoms with Gasteiger partial charge >= 0.3 is 5.97 Å². The van der Waals surface area contributed by atoms with Crippen LogP contribution >= 0.6 is 0 Å². The Morgan fingerprint density at radius 3 is 2.72 bits per heavy atom. The van der Waals surface area contributed by atoms with Crippen LogP contribution in [0.2, 0.25) is 0 Å². The van der Waals surface area contributed by atoms with Crippen LogP contribution in [0.4, 0.5) is 0 Å². The number of allylic oxidation sites excluding steroid dienone is 1. The summed E-state index contributed by atoms with van der Waals surface area (Å²) >= 11 is 0. The van der Waals surface area contributed by atoms with Crippen LogP contribution < -0.4 is 0 Å². The zero-order chi connectivity index (χ0) is 13.3. The molecular formula is C15H16O3. The van der Waals surface area contributed by atoms with Crippen molar-refractivity contribution >= 4 is 17.8 Å². The van der Waals surface area contributed by atoms with E-state index in [-0.39, 0.29) is 5.97 Å². The van der Waals surface area contributed by atoms with Crippen LogP contribution in [0.1, 0.15) is 40.9 Å². The molecule has 1 aliphatic rings. The zero-order valence-corrected chi connectivity index (χ0v) is 10.9. The number of hydrogen-bond acceptors (Lipinski definition) is 3. The minimum absolute atomic E-state index is 0.276. The number of benzene rings is 1. The highest BCUT2D eigenvalue weighted by molar-refractivity contribution is 6.03. The summed E-state index contributed by atoms with van der Waals surface area (Å²) in [7, 11) is 0. The minimum atomic E-state index is -0.276. The lowest BCUT2D eigenvalue weighted by atomic mass is 9.96. The number of ether oxygens (including phenoxy) is 1. The molecule has 0 aromatic heterocycles. The minimum Gasteiger partial charge on any atom is -0.463 e. The number of carbonyl (C=O) groups excluding carboxylic acids is 2. The largest absolute Gasteiger partial charge is 0.463 e. The van der Waals surface area contributed by atoms with Crippen LogP contribution in [0, 0.1) is 6.92 Å². The Kier molecular flexibility index (Phi) is 3.32. The number of aryl methyl sites for hydroxylation is 1. The maximum absolute atomic E-state index is 11.9. The third kappa shape index (κ3) is 1.86. The highest BCUT2D eigenvalue weighted by atomic mass is 16.5. The van der Waals surface area contributed by atoms with Crippen LogP contribution in [0.5, 0.6) is 0 Å². The fraction of sp³-hybridized carbons (Fsp3) is 0.333. The SMILES string of the molecule is CCOC(=O)C1=C(C)c2c(C=O)ccc(C)c2C1. The normalized spacial score (nSPS) is 13.5. The molecule has 0 radical (unpaired) electrons. The Labute approximate surface area is 106 Å². The third-order valence-corrected chi connectivity index (χ3v) is 3.41. The number of rotatable bonds is 3. The maximum Gasteiger partial charge on any atom is 0.334 e. The smallest absolute Gasteiger partial charge is 0.334 e. The van der Waals surface area contributed by atoms with E-state index in [0.29, 0.717) is 24.2 Å². The maximum atomic E-state index is 11.9. The molecule has 0 fully saturated rings. The molecule has 0 bridgehead atoms. The molecule has 3 heteroatoms. The van der Waals surface area contributed by atoms with E-state index < -0.39 is 0 Å². The molecule has 0 spiro atoms. The van der Waals surface area contributed by atoms with Crippen molar-refractivity contribution in [1.82, 2.24) is 0 Å². The molecule has 3 nitrogen and oxygen atoms in total. The van der Waals surface area contributed by atoms with Crippen LogP contribution in [0.3, 0.4) is 0 Å². The van der Waals surface area contributed by atoms with Crippen molar-refractivity contribution in [1.29, 1.82) is 0 Å². The molecule has 0 amide bonds. The molecule has 1 aliphatic carbocycles. The molecular weight excluding hydrogens is 228 g/mol. The van der Waals surface area contributed by atoms with E-state index in [1.54, 1.807) is 13.0 Å². The average molecular weight is 244 g/mol. The monoisotopic (exact) mass is 244 g/mol.